The summed E-state index contributed by atoms with van der Waals surface area (Å²) in [5, 5.41) is 9.63. The summed E-state index contributed by atoms with van der Waals surface area (Å²) in [6.45, 7) is 9.24. The highest BCUT2D eigenvalue weighted by Crippen LogP contribution is 2.33. The molecule has 1 aromatic rings. The standard InChI is InChI=1S/C17H26N4O3/c1-12-5-4-6-21(12)16-18-11-13(17(2,3)15(22)23)14(19-16)20-7-9-24-10-8-20/h11-12H,4-10H2,1-3H3,(H,22,23). The predicted molar refractivity (Wildman–Crippen MR) is 91.8 cm³/mol. The summed E-state index contributed by atoms with van der Waals surface area (Å²) in [7, 11) is 0. The molecule has 0 bridgehead atoms. The van der Waals surface area contributed by atoms with Crippen molar-refractivity contribution >= 4 is 17.7 Å². The van der Waals surface area contributed by atoms with Crippen LogP contribution in [0.3, 0.4) is 0 Å². The Morgan fingerprint density at radius 2 is 2.04 bits per heavy atom. The Morgan fingerprint density at radius 1 is 1.33 bits per heavy atom. The van der Waals surface area contributed by atoms with E-state index in [1.54, 1.807) is 20.0 Å². The van der Waals surface area contributed by atoms with Crippen molar-refractivity contribution in [2.24, 2.45) is 0 Å². The fourth-order valence-electron chi connectivity index (χ4n) is 3.30. The van der Waals surface area contributed by atoms with Gasteiger partial charge in [0.25, 0.3) is 0 Å². The molecule has 2 fully saturated rings. The molecule has 24 heavy (non-hydrogen) atoms. The summed E-state index contributed by atoms with van der Waals surface area (Å²) in [5.41, 5.74) is -0.379. The first kappa shape index (κ1) is 17.0. The van der Waals surface area contributed by atoms with Gasteiger partial charge in [-0.1, -0.05) is 0 Å². The van der Waals surface area contributed by atoms with E-state index in [9.17, 15) is 9.90 Å². The molecule has 7 nitrogen and oxygen atoms in total. The zero-order chi connectivity index (χ0) is 17.3. The summed E-state index contributed by atoms with van der Waals surface area (Å²) >= 11 is 0. The molecule has 0 aromatic carbocycles. The maximum atomic E-state index is 11.7. The molecule has 1 unspecified atom stereocenters. The maximum absolute atomic E-state index is 11.7. The molecular weight excluding hydrogens is 308 g/mol. The van der Waals surface area contributed by atoms with E-state index in [-0.39, 0.29) is 0 Å². The molecule has 1 aromatic heterocycles. The Labute approximate surface area is 142 Å². The lowest BCUT2D eigenvalue weighted by molar-refractivity contribution is -0.142. The van der Waals surface area contributed by atoms with E-state index in [1.165, 1.54) is 0 Å². The first-order valence-electron chi connectivity index (χ1n) is 8.61. The summed E-state index contributed by atoms with van der Waals surface area (Å²) in [6.07, 6.45) is 3.98. The van der Waals surface area contributed by atoms with Gasteiger partial charge in [0.15, 0.2) is 0 Å². The second-order valence-corrected chi connectivity index (χ2v) is 7.12. The molecule has 2 aliphatic rings. The third kappa shape index (κ3) is 3.05. The van der Waals surface area contributed by atoms with E-state index in [4.69, 9.17) is 9.72 Å². The van der Waals surface area contributed by atoms with E-state index in [0.29, 0.717) is 43.9 Å². The van der Waals surface area contributed by atoms with Crippen LogP contribution in [0.1, 0.15) is 39.2 Å². The van der Waals surface area contributed by atoms with Crippen molar-refractivity contribution in [2.75, 3.05) is 42.6 Å². The second kappa shape index (κ2) is 6.55. The Balaban J connectivity index is 2.03. The zero-order valence-corrected chi connectivity index (χ0v) is 14.7. The molecule has 1 N–H and O–H groups in total. The Morgan fingerprint density at radius 3 is 2.62 bits per heavy atom. The number of carbonyl (C=O) groups is 1. The van der Waals surface area contributed by atoms with Crippen LogP contribution in [0.5, 0.6) is 0 Å². The lowest BCUT2D eigenvalue weighted by Crippen LogP contribution is -2.40. The van der Waals surface area contributed by atoms with Gasteiger partial charge in [0, 0.05) is 37.4 Å². The first-order chi connectivity index (χ1) is 11.4. The van der Waals surface area contributed by atoms with E-state index < -0.39 is 11.4 Å². The number of ether oxygens (including phenoxy) is 1. The average molecular weight is 334 g/mol. The van der Waals surface area contributed by atoms with Crippen LogP contribution in [-0.2, 0) is 14.9 Å². The van der Waals surface area contributed by atoms with Crippen molar-refractivity contribution in [1.82, 2.24) is 9.97 Å². The molecular formula is C17H26N4O3. The van der Waals surface area contributed by atoms with Gasteiger partial charge in [-0.05, 0) is 33.6 Å². The highest BCUT2D eigenvalue weighted by Gasteiger charge is 2.36. The Kier molecular flexibility index (Phi) is 4.62. The number of aliphatic carboxylic acids is 1. The van der Waals surface area contributed by atoms with Crippen molar-refractivity contribution in [3.63, 3.8) is 0 Å². The highest BCUT2D eigenvalue weighted by molar-refractivity contribution is 5.82. The van der Waals surface area contributed by atoms with Crippen LogP contribution in [0.4, 0.5) is 11.8 Å². The molecule has 2 saturated heterocycles. The first-order valence-corrected chi connectivity index (χ1v) is 8.61. The number of morpholine rings is 1. The van der Waals surface area contributed by atoms with E-state index in [2.05, 4.69) is 21.7 Å². The SMILES string of the molecule is CC1CCCN1c1ncc(C(C)(C)C(=O)O)c(N2CCOCC2)n1. The van der Waals surface area contributed by atoms with Crippen molar-refractivity contribution < 1.29 is 14.6 Å². The van der Waals surface area contributed by atoms with Crippen molar-refractivity contribution in [3.05, 3.63) is 11.8 Å². The summed E-state index contributed by atoms with van der Waals surface area (Å²) < 4.78 is 5.43. The number of carboxylic acids is 1. The number of hydrogen-bond donors (Lipinski definition) is 1. The number of hydrogen-bond acceptors (Lipinski definition) is 6. The molecule has 3 heterocycles. The quantitative estimate of drug-likeness (QED) is 0.897. The molecule has 0 saturated carbocycles. The van der Waals surface area contributed by atoms with Gasteiger partial charge < -0.3 is 19.6 Å². The van der Waals surface area contributed by atoms with Gasteiger partial charge >= 0.3 is 5.97 Å². The molecule has 3 rings (SSSR count). The van der Waals surface area contributed by atoms with Gasteiger partial charge in [-0.15, -0.1) is 0 Å². The van der Waals surface area contributed by atoms with Gasteiger partial charge in [0.2, 0.25) is 5.95 Å². The minimum absolute atomic E-state index is 0.417. The molecule has 0 amide bonds. The van der Waals surface area contributed by atoms with Crippen LogP contribution in [0.15, 0.2) is 6.20 Å². The lowest BCUT2D eigenvalue weighted by atomic mass is 9.85. The van der Waals surface area contributed by atoms with Crippen LogP contribution in [0, 0.1) is 0 Å². The Hall–Kier alpha value is -1.89. The molecule has 1 atom stereocenters. The van der Waals surface area contributed by atoms with Crippen LogP contribution >= 0.6 is 0 Å². The summed E-state index contributed by atoms with van der Waals surface area (Å²) in [4.78, 5) is 25.4. The van der Waals surface area contributed by atoms with Gasteiger partial charge in [-0.3, -0.25) is 4.79 Å². The minimum atomic E-state index is -1.04. The largest absolute Gasteiger partial charge is 0.481 e. The topological polar surface area (TPSA) is 78.8 Å². The van der Waals surface area contributed by atoms with Gasteiger partial charge in [-0.25, -0.2) is 4.98 Å². The zero-order valence-electron chi connectivity index (χ0n) is 14.7. The summed E-state index contributed by atoms with van der Waals surface area (Å²) in [6, 6.07) is 0.417. The number of rotatable bonds is 4. The molecule has 132 valence electrons. The number of carboxylic acid groups (broad SMARTS) is 1. The fourth-order valence-corrected chi connectivity index (χ4v) is 3.30. The third-order valence-electron chi connectivity index (χ3n) is 5.08. The molecule has 0 radical (unpaired) electrons. The van der Waals surface area contributed by atoms with Crippen LogP contribution < -0.4 is 9.80 Å². The van der Waals surface area contributed by atoms with E-state index in [0.717, 1.165) is 25.2 Å². The number of anilines is 2. The van der Waals surface area contributed by atoms with Crippen LogP contribution in [0.25, 0.3) is 0 Å². The van der Waals surface area contributed by atoms with E-state index in [1.807, 2.05) is 0 Å². The molecule has 7 heteroatoms. The minimum Gasteiger partial charge on any atom is -0.481 e. The monoisotopic (exact) mass is 334 g/mol. The number of aromatic nitrogens is 2. The van der Waals surface area contributed by atoms with Crippen molar-refractivity contribution in [1.29, 1.82) is 0 Å². The van der Waals surface area contributed by atoms with Gasteiger partial charge in [0.1, 0.15) is 5.82 Å². The van der Waals surface area contributed by atoms with Crippen molar-refractivity contribution in [2.45, 2.75) is 45.1 Å². The second-order valence-electron chi connectivity index (χ2n) is 7.12. The molecule has 0 spiro atoms. The molecule has 2 aliphatic heterocycles. The van der Waals surface area contributed by atoms with E-state index >= 15 is 0 Å². The highest BCUT2D eigenvalue weighted by atomic mass is 16.5. The Bertz CT molecular complexity index is 614. The number of nitrogens with zero attached hydrogens (tertiary/aromatic N) is 4. The third-order valence-corrected chi connectivity index (χ3v) is 5.08. The smallest absolute Gasteiger partial charge is 0.313 e. The maximum Gasteiger partial charge on any atom is 0.313 e. The van der Waals surface area contributed by atoms with Gasteiger partial charge in [-0.2, -0.15) is 4.98 Å². The fraction of sp³-hybridized carbons (Fsp3) is 0.706. The van der Waals surface area contributed by atoms with Crippen LogP contribution in [0.2, 0.25) is 0 Å². The van der Waals surface area contributed by atoms with Crippen molar-refractivity contribution in [3.8, 4) is 0 Å². The summed E-state index contributed by atoms with van der Waals surface area (Å²) in [5.74, 6) is 0.559. The predicted octanol–water partition coefficient (Wildman–Crippen LogP) is 1.66. The van der Waals surface area contributed by atoms with Crippen LogP contribution in [-0.4, -0.2) is 59.9 Å². The normalized spacial score (nSPS) is 22.0. The van der Waals surface area contributed by atoms with Gasteiger partial charge in [0.05, 0.1) is 18.6 Å². The lowest BCUT2D eigenvalue weighted by Gasteiger charge is -2.33. The molecule has 0 aliphatic carbocycles. The average Bonchev–Trinajstić information content (AvgIpc) is 3.01.